The lowest BCUT2D eigenvalue weighted by Crippen LogP contribution is -2.39. The number of methoxy groups -OCH3 is 1. The van der Waals surface area contributed by atoms with Crippen LogP contribution in [0.15, 0.2) is 143 Å². The second-order valence-corrected chi connectivity index (χ2v) is 14.4. The van der Waals surface area contributed by atoms with E-state index in [-0.39, 0.29) is 29.7 Å². The van der Waals surface area contributed by atoms with Crippen molar-refractivity contribution in [3.63, 3.8) is 0 Å². The van der Waals surface area contributed by atoms with E-state index in [1.165, 1.54) is 7.11 Å². The van der Waals surface area contributed by atoms with E-state index < -0.39 is 11.3 Å². The van der Waals surface area contributed by atoms with Crippen LogP contribution in [0.1, 0.15) is 87.0 Å². The standard InChI is InChI=1S/C44H48N4O5/c1-10-27-24(5)33-20-38-31-17-15-30(39(50)11-2)43(40(51)12-3)44(31,8)41(48-38)22-34-26(7)29(16-18-42(52)53-9)37(47-34)21-36-28(14-13-23(4)49)25(6)32(46-36)19-35(27)45-33/h10,15,17,19-22,43,48,50H,1,11-14,16,18H2,2-9H3. The molecule has 0 radical (unpaired) electrons. The van der Waals surface area contributed by atoms with Crippen LogP contribution < -0.4 is 5.32 Å². The number of nitrogens with one attached hydrogen (secondary N) is 1. The number of aliphatic hydroxyl groups excluding tert-OH is 1. The van der Waals surface area contributed by atoms with Gasteiger partial charge in [0.15, 0.2) is 0 Å². The molecule has 2 N–H and O–H groups in total. The van der Waals surface area contributed by atoms with E-state index in [0.29, 0.717) is 54.8 Å². The van der Waals surface area contributed by atoms with Crippen LogP contribution in [0.3, 0.4) is 0 Å². The molecule has 8 bridgehead atoms. The average Bonchev–Trinajstić information content (AvgIpc) is 3.79. The first-order valence-electron chi connectivity index (χ1n) is 18.4. The average molecular weight is 713 g/mol. The molecule has 9 nitrogen and oxygen atoms in total. The van der Waals surface area contributed by atoms with Gasteiger partial charge in [0.1, 0.15) is 11.6 Å². The summed E-state index contributed by atoms with van der Waals surface area (Å²) in [4.78, 5) is 54.0. The zero-order valence-corrected chi connectivity index (χ0v) is 32.0. The SMILES string of the molecule is C=CC1=C(C)C2=CC3=C4C=CC(=C(O)CC)C(C(=O)CC)C4(C)C(=CC4=NC(=CC5=NC(=CC1=N2)C(C)=C5CCC(C)=O)C(CCC(=O)OC)=C4C)N3. The number of aliphatic hydroxyl groups is 1. The number of nitrogens with zero attached hydrogens (tertiary/aromatic N) is 3. The predicted octanol–water partition coefficient (Wildman–Crippen LogP) is 8.61. The van der Waals surface area contributed by atoms with Crippen molar-refractivity contribution in [1.82, 2.24) is 5.32 Å². The van der Waals surface area contributed by atoms with Crippen molar-refractivity contribution < 1.29 is 24.2 Å². The quantitative estimate of drug-likeness (QED) is 0.172. The number of carbonyl (C=O) groups is 3. The Morgan fingerprint density at radius 2 is 1.53 bits per heavy atom. The van der Waals surface area contributed by atoms with Crippen LogP contribution in [-0.2, 0) is 19.1 Å². The summed E-state index contributed by atoms with van der Waals surface area (Å²) in [5.41, 5.74) is 12.1. The molecule has 5 aliphatic heterocycles. The van der Waals surface area contributed by atoms with E-state index in [1.807, 2.05) is 77.2 Å². The molecule has 2 unspecified atom stereocenters. The van der Waals surface area contributed by atoms with Crippen molar-refractivity contribution in [2.45, 2.75) is 87.0 Å². The Morgan fingerprint density at radius 3 is 2.19 bits per heavy atom. The van der Waals surface area contributed by atoms with Gasteiger partial charge in [-0.25, -0.2) is 15.0 Å². The number of ether oxygens (including phenoxy) is 1. The highest BCUT2D eigenvalue weighted by Gasteiger charge is 2.52. The Bertz CT molecular complexity index is 2180. The van der Waals surface area contributed by atoms with Crippen molar-refractivity contribution in [1.29, 1.82) is 0 Å². The van der Waals surface area contributed by atoms with Gasteiger partial charge in [0, 0.05) is 53.6 Å². The molecule has 2 atom stereocenters. The van der Waals surface area contributed by atoms with Gasteiger partial charge in [0.25, 0.3) is 0 Å². The summed E-state index contributed by atoms with van der Waals surface area (Å²) < 4.78 is 5.00. The van der Waals surface area contributed by atoms with Gasteiger partial charge in [-0.3, -0.25) is 9.59 Å². The van der Waals surface area contributed by atoms with Crippen LogP contribution in [0.5, 0.6) is 0 Å². The molecule has 6 aliphatic rings. The topological polar surface area (TPSA) is 130 Å². The molecule has 0 saturated heterocycles. The van der Waals surface area contributed by atoms with Gasteiger partial charge >= 0.3 is 5.97 Å². The zero-order chi connectivity index (χ0) is 38.4. The molecule has 0 spiro atoms. The summed E-state index contributed by atoms with van der Waals surface area (Å²) >= 11 is 0. The lowest BCUT2D eigenvalue weighted by atomic mass is 9.62. The van der Waals surface area contributed by atoms with E-state index in [4.69, 9.17) is 19.7 Å². The molecule has 0 saturated carbocycles. The van der Waals surface area contributed by atoms with Gasteiger partial charge < -0.3 is 20.0 Å². The summed E-state index contributed by atoms with van der Waals surface area (Å²) in [7, 11) is 1.38. The Kier molecular flexibility index (Phi) is 10.2. The maximum atomic E-state index is 14.0. The van der Waals surface area contributed by atoms with Gasteiger partial charge in [0.2, 0.25) is 0 Å². The molecular formula is C44H48N4O5. The Hall–Kier alpha value is -5.44. The fraction of sp³-hybridized carbons (Fsp3) is 0.364. The molecule has 5 heterocycles. The van der Waals surface area contributed by atoms with Gasteiger partial charge in [0.05, 0.1) is 53.0 Å². The Morgan fingerprint density at radius 1 is 0.868 bits per heavy atom. The maximum absolute atomic E-state index is 14.0. The smallest absolute Gasteiger partial charge is 0.305 e. The first-order chi connectivity index (χ1) is 25.3. The van der Waals surface area contributed by atoms with E-state index in [2.05, 4.69) is 18.8 Å². The van der Waals surface area contributed by atoms with E-state index in [1.54, 1.807) is 6.92 Å². The van der Waals surface area contributed by atoms with Crippen LogP contribution in [0.4, 0.5) is 0 Å². The molecule has 0 aromatic carbocycles. The fourth-order valence-electron chi connectivity index (χ4n) is 8.07. The number of hydrogen-bond acceptors (Lipinski definition) is 9. The van der Waals surface area contributed by atoms with Gasteiger partial charge in [-0.2, -0.15) is 0 Å². The minimum Gasteiger partial charge on any atom is -0.512 e. The fourth-order valence-corrected chi connectivity index (χ4v) is 8.07. The number of carbonyl (C=O) groups excluding carboxylic acids is 3. The lowest BCUT2D eigenvalue weighted by Gasteiger charge is -2.39. The summed E-state index contributed by atoms with van der Waals surface area (Å²) in [6.45, 7) is 17.5. The lowest BCUT2D eigenvalue weighted by molar-refractivity contribution is -0.140. The summed E-state index contributed by atoms with van der Waals surface area (Å²) in [5.74, 6) is -0.683. The highest BCUT2D eigenvalue weighted by Crippen LogP contribution is 2.55. The maximum Gasteiger partial charge on any atom is 0.305 e. The minimum absolute atomic E-state index is 0.0175. The molecule has 0 fully saturated rings. The number of aliphatic imine (C=N–C) groups is 3. The predicted molar refractivity (Wildman–Crippen MR) is 210 cm³/mol. The molecule has 1 aliphatic carbocycles. The van der Waals surface area contributed by atoms with Crippen LogP contribution in [0.2, 0.25) is 0 Å². The van der Waals surface area contributed by atoms with Crippen molar-refractivity contribution >= 4 is 34.7 Å². The normalized spacial score (nSPS) is 24.2. The van der Waals surface area contributed by atoms with Crippen molar-refractivity contribution in [2.24, 2.45) is 26.3 Å². The largest absolute Gasteiger partial charge is 0.512 e. The zero-order valence-electron chi connectivity index (χ0n) is 32.0. The summed E-state index contributed by atoms with van der Waals surface area (Å²) in [6.07, 6.45) is 15.8. The molecule has 0 aromatic heterocycles. The number of allylic oxidation sites excluding steroid dienone is 16. The van der Waals surface area contributed by atoms with Crippen LogP contribution in [-0.4, -0.2) is 46.9 Å². The van der Waals surface area contributed by atoms with Crippen molar-refractivity contribution in [3.8, 4) is 0 Å². The Balaban J connectivity index is 1.67. The third-order valence-electron chi connectivity index (χ3n) is 11.3. The van der Waals surface area contributed by atoms with Crippen LogP contribution in [0.25, 0.3) is 0 Å². The van der Waals surface area contributed by atoms with E-state index in [0.717, 1.165) is 67.5 Å². The highest BCUT2D eigenvalue weighted by molar-refractivity contribution is 6.18. The Labute approximate surface area is 311 Å². The molecule has 274 valence electrons. The highest BCUT2D eigenvalue weighted by atomic mass is 16.5. The molecule has 6 rings (SSSR count). The molecule has 53 heavy (non-hydrogen) atoms. The van der Waals surface area contributed by atoms with Gasteiger partial charge in [-0.1, -0.05) is 38.7 Å². The number of hydrogen-bond donors (Lipinski definition) is 2. The van der Waals surface area contributed by atoms with E-state index >= 15 is 0 Å². The third-order valence-corrected chi connectivity index (χ3v) is 11.3. The monoisotopic (exact) mass is 712 g/mol. The first kappa shape index (κ1) is 37.3. The van der Waals surface area contributed by atoms with Gasteiger partial charge in [-0.05, 0) is 105 Å². The van der Waals surface area contributed by atoms with E-state index in [9.17, 15) is 19.5 Å². The number of esters is 1. The summed E-state index contributed by atoms with van der Waals surface area (Å²) in [6, 6.07) is 0. The van der Waals surface area contributed by atoms with Crippen LogP contribution >= 0.6 is 0 Å². The molecule has 9 heteroatoms. The minimum atomic E-state index is -0.878. The number of rotatable bonds is 10. The van der Waals surface area contributed by atoms with Crippen LogP contribution in [0, 0.1) is 11.3 Å². The first-order valence-corrected chi connectivity index (χ1v) is 18.4. The number of ketones is 2. The number of Topliss-reactive ketones (excluding diaryl/α,β-unsaturated/α-hetero) is 2. The second-order valence-electron chi connectivity index (χ2n) is 14.4. The molecule has 0 aromatic rings. The van der Waals surface area contributed by atoms with Gasteiger partial charge in [-0.15, -0.1) is 0 Å². The third kappa shape index (κ3) is 6.47. The molecule has 0 amide bonds. The van der Waals surface area contributed by atoms with Crippen molar-refractivity contribution in [2.75, 3.05) is 7.11 Å². The van der Waals surface area contributed by atoms with Crippen molar-refractivity contribution in [3.05, 3.63) is 128 Å². The second kappa shape index (κ2) is 14.5. The molecular weight excluding hydrogens is 665 g/mol. The number of fused-ring (bicyclic) bond motifs is 7. The summed E-state index contributed by atoms with van der Waals surface area (Å²) in [5, 5.41) is 14.9.